The molecule has 0 amide bonds. The highest BCUT2D eigenvalue weighted by Crippen LogP contribution is 2.19. The number of nitrogens with one attached hydrogen (secondary N) is 1. The predicted octanol–water partition coefficient (Wildman–Crippen LogP) is 1.88. The van der Waals surface area contributed by atoms with Crippen LogP contribution in [0.25, 0.3) is 0 Å². The van der Waals surface area contributed by atoms with Crippen molar-refractivity contribution in [3.8, 4) is 5.75 Å². The monoisotopic (exact) mass is 234 g/mol. The van der Waals surface area contributed by atoms with Crippen molar-refractivity contribution >= 4 is 0 Å². The summed E-state index contributed by atoms with van der Waals surface area (Å²) in [5.74, 6) is 0.998. The van der Waals surface area contributed by atoms with E-state index in [1.54, 1.807) is 7.11 Å². The standard InChI is InChI=1S/C14H22N2O/c1-12-7-9-16(10-8-15-12)11-13-5-3-4-6-14(13)17-2/h3-6,12,15H,7-11H2,1-2H3. The Morgan fingerprint density at radius 2 is 2.18 bits per heavy atom. The Kier molecular flexibility index (Phi) is 4.40. The van der Waals surface area contributed by atoms with E-state index in [0.717, 1.165) is 31.9 Å². The van der Waals surface area contributed by atoms with Gasteiger partial charge >= 0.3 is 0 Å². The minimum absolute atomic E-state index is 0.637. The topological polar surface area (TPSA) is 24.5 Å². The molecule has 1 heterocycles. The number of methoxy groups -OCH3 is 1. The molecule has 1 atom stereocenters. The Bertz CT molecular complexity index is 354. The molecule has 2 rings (SSSR count). The molecule has 1 unspecified atom stereocenters. The van der Waals surface area contributed by atoms with Crippen LogP contribution < -0.4 is 10.1 Å². The summed E-state index contributed by atoms with van der Waals surface area (Å²) in [5, 5.41) is 3.52. The Labute approximate surface area is 104 Å². The van der Waals surface area contributed by atoms with E-state index in [1.807, 2.05) is 12.1 Å². The van der Waals surface area contributed by atoms with Gasteiger partial charge < -0.3 is 10.1 Å². The summed E-state index contributed by atoms with van der Waals surface area (Å²) in [6, 6.07) is 8.93. The second-order valence-electron chi connectivity index (χ2n) is 4.73. The van der Waals surface area contributed by atoms with Gasteiger partial charge in [-0.05, 0) is 19.4 Å². The average molecular weight is 234 g/mol. The van der Waals surface area contributed by atoms with E-state index < -0.39 is 0 Å². The highest BCUT2D eigenvalue weighted by molar-refractivity contribution is 5.33. The van der Waals surface area contributed by atoms with Gasteiger partial charge in [0, 0.05) is 37.8 Å². The summed E-state index contributed by atoms with van der Waals surface area (Å²) < 4.78 is 5.40. The fourth-order valence-electron chi connectivity index (χ4n) is 2.29. The molecular formula is C14H22N2O. The Hall–Kier alpha value is -1.06. The van der Waals surface area contributed by atoms with Crippen molar-refractivity contribution in [2.24, 2.45) is 0 Å². The summed E-state index contributed by atoms with van der Waals surface area (Å²) in [6.07, 6.45) is 1.22. The molecule has 0 bridgehead atoms. The zero-order valence-electron chi connectivity index (χ0n) is 10.8. The molecule has 1 N–H and O–H groups in total. The van der Waals surface area contributed by atoms with Crippen LogP contribution in [0.5, 0.6) is 5.75 Å². The van der Waals surface area contributed by atoms with E-state index in [9.17, 15) is 0 Å². The molecule has 0 aromatic heterocycles. The minimum atomic E-state index is 0.637. The van der Waals surface area contributed by atoms with Crippen LogP contribution in [-0.4, -0.2) is 37.7 Å². The van der Waals surface area contributed by atoms with Crippen LogP contribution in [0.4, 0.5) is 0 Å². The van der Waals surface area contributed by atoms with Gasteiger partial charge in [0.2, 0.25) is 0 Å². The van der Waals surface area contributed by atoms with Gasteiger partial charge in [-0.25, -0.2) is 0 Å². The number of ether oxygens (including phenoxy) is 1. The zero-order chi connectivity index (χ0) is 12.1. The molecule has 1 aromatic carbocycles. The number of rotatable bonds is 3. The van der Waals surface area contributed by atoms with Crippen LogP contribution in [0.15, 0.2) is 24.3 Å². The summed E-state index contributed by atoms with van der Waals surface area (Å²) in [6.45, 7) is 6.59. The molecule has 1 fully saturated rings. The molecular weight excluding hydrogens is 212 g/mol. The quantitative estimate of drug-likeness (QED) is 0.864. The first-order valence-electron chi connectivity index (χ1n) is 6.37. The Morgan fingerprint density at radius 3 is 3.00 bits per heavy atom. The second kappa shape index (κ2) is 6.03. The third kappa shape index (κ3) is 3.45. The van der Waals surface area contributed by atoms with E-state index in [2.05, 4.69) is 29.3 Å². The largest absolute Gasteiger partial charge is 0.496 e. The molecule has 0 spiro atoms. The van der Waals surface area contributed by atoms with Crippen LogP contribution in [0, 0.1) is 0 Å². The molecule has 3 heteroatoms. The third-order valence-electron chi connectivity index (χ3n) is 3.39. The SMILES string of the molecule is COc1ccccc1CN1CCNC(C)CC1. The van der Waals surface area contributed by atoms with Crippen molar-refractivity contribution in [2.75, 3.05) is 26.7 Å². The fraction of sp³-hybridized carbons (Fsp3) is 0.571. The molecule has 1 aliphatic heterocycles. The number of hydrogen-bond acceptors (Lipinski definition) is 3. The lowest BCUT2D eigenvalue weighted by Crippen LogP contribution is -2.28. The molecule has 3 nitrogen and oxygen atoms in total. The van der Waals surface area contributed by atoms with Crippen LogP contribution in [0.3, 0.4) is 0 Å². The summed E-state index contributed by atoms with van der Waals surface area (Å²) in [4.78, 5) is 2.49. The van der Waals surface area contributed by atoms with Crippen molar-refractivity contribution in [2.45, 2.75) is 25.9 Å². The summed E-state index contributed by atoms with van der Waals surface area (Å²) in [7, 11) is 1.74. The van der Waals surface area contributed by atoms with Crippen molar-refractivity contribution in [3.05, 3.63) is 29.8 Å². The van der Waals surface area contributed by atoms with Crippen molar-refractivity contribution in [1.29, 1.82) is 0 Å². The molecule has 0 saturated carbocycles. The second-order valence-corrected chi connectivity index (χ2v) is 4.73. The van der Waals surface area contributed by atoms with Crippen LogP contribution >= 0.6 is 0 Å². The van der Waals surface area contributed by atoms with Crippen LogP contribution in [0.1, 0.15) is 18.9 Å². The Morgan fingerprint density at radius 1 is 1.35 bits per heavy atom. The molecule has 1 saturated heterocycles. The van der Waals surface area contributed by atoms with Crippen LogP contribution in [-0.2, 0) is 6.54 Å². The highest BCUT2D eigenvalue weighted by atomic mass is 16.5. The van der Waals surface area contributed by atoms with Crippen molar-refractivity contribution < 1.29 is 4.74 Å². The molecule has 0 radical (unpaired) electrons. The normalized spacial score (nSPS) is 22.1. The number of nitrogens with zero attached hydrogens (tertiary/aromatic N) is 1. The lowest BCUT2D eigenvalue weighted by Gasteiger charge is -2.20. The van der Waals surface area contributed by atoms with E-state index in [1.165, 1.54) is 12.0 Å². The summed E-state index contributed by atoms with van der Waals surface area (Å²) in [5.41, 5.74) is 1.28. The number of hydrogen-bond donors (Lipinski definition) is 1. The molecule has 94 valence electrons. The molecule has 1 aliphatic rings. The van der Waals surface area contributed by atoms with Gasteiger partial charge in [0.15, 0.2) is 0 Å². The number of para-hydroxylation sites is 1. The average Bonchev–Trinajstić information content (AvgIpc) is 2.55. The van der Waals surface area contributed by atoms with Gasteiger partial charge in [0.05, 0.1) is 7.11 Å². The zero-order valence-corrected chi connectivity index (χ0v) is 10.8. The lowest BCUT2D eigenvalue weighted by molar-refractivity contribution is 0.277. The highest BCUT2D eigenvalue weighted by Gasteiger charge is 2.14. The van der Waals surface area contributed by atoms with E-state index in [4.69, 9.17) is 4.74 Å². The Balaban J connectivity index is 1.99. The first kappa shape index (κ1) is 12.4. The maximum Gasteiger partial charge on any atom is 0.123 e. The predicted molar refractivity (Wildman–Crippen MR) is 70.4 cm³/mol. The van der Waals surface area contributed by atoms with Gasteiger partial charge in [-0.15, -0.1) is 0 Å². The maximum absolute atomic E-state index is 5.40. The van der Waals surface area contributed by atoms with Gasteiger partial charge in [-0.3, -0.25) is 4.90 Å². The van der Waals surface area contributed by atoms with Gasteiger partial charge in [0.1, 0.15) is 5.75 Å². The lowest BCUT2D eigenvalue weighted by atomic mass is 10.1. The van der Waals surface area contributed by atoms with E-state index in [-0.39, 0.29) is 0 Å². The molecule has 1 aromatic rings. The van der Waals surface area contributed by atoms with Gasteiger partial charge in [-0.2, -0.15) is 0 Å². The van der Waals surface area contributed by atoms with Gasteiger partial charge in [-0.1, -0.05) is 18.2 Å². The van der Waals surface area contributed by atoms with Crippen molar-refractivity contribution in [3.63, 3.8) is 0 Å². The van der Waals surface area contributed by atoms with Crippen molar-refractivity contribution in [1.82, 2.24) is 10.2 Å². The molecule has 0 aliphatic carbocycles. The van der Waals surface area contributed by atoms with E-state index in [0.29, 0.717) is 6.04 Å². The maximum atomic E-state index is 5.40. The van der Waals surface area contributed by atoms with E-state index >= 15 is 0 Å². The third-order valence-corrected chi connectivity index (χ3v) is 3.39. The van der Waals surface area contributed by atoms with Gasteiger partial charge in [0.25, 0.3) is 0 Å². The summed E-state index contributed by atoms with van der Waals surface area (Å²) >= 11 is 0. The molecule has 17 heavy (non-hydrogen) atoms. The minimum Gasteiger partial charge on any atom is -0.496 e. The smallest absolute Gasteiger partial charge is 0.123 e. The fourth-order valence-corrected chi connectivity index (χ4v) is 2.29. The first-order valence-corrected chi connectivity index (χ1v) is 6.37. The number of benzene rings is 1. The van der Waals surface area contributed by atoms with Crippen LogP contribution in [0.2, 0.25) is 0 Å². The first-order chi connectivity index (χ1) is 8.29.